The Bertz CT molecular complexity index is 626. The minimum Gasteiger partial charge on any atom is -0.378 e. The fraction of sp³-hybridized carbons (Fsp3) is 0.429. The lowest BCUT2D eigenvalue weighted by Gasteiger charge is -2.11. The van der Waals surface area contributed by atoms with Crippen LogP contribution < -0.4 is 0 Å². The Hall–Kier alpha value is -2.00. The molecule has 0 amide bonds. The zero-order valence-corrected chi connectivity index (χ0v) is 15.3. The highest BCUT2D eigenvalue weighted by atomic mass is 16.5. The van der Waals surface area contributed by atoms with Crippen LogP contribution in [0.25, 0.3) is 0 Å². The molecule has 0 saturated carbocycles. The number of ketones is 2. The van der Waals surface area contributed by atoms with Crippen molar-refractivity contribution in [3.8, 4) is 0 Å². The quantitative estimate of drug-likeness (QED) is 0.369. The fourth-order valence-corrected chi connectivity index (χ4v) is 2.33. The Labute approximate surface area is 145 Å². The molecule has 24 heavy (non-hydrogen) atoms. The van der Waals surface area contributed by atoms with E-state index in [2.05, 4.69) is 0 Å². The van der Waals surface area contributed by atoms with Gasteiger partial charge in [-0.2, -0.15) is 0 Å². The highest BCUT2D eigenvalue weighted by Gasteiger charge is 2.11. The molecule has 0 bridgehead atoms. The molecule has 0 heterocycles. The molecule has 2 unspecified atom stereocenters. The summed E-state index contributed by atoms with van der Waals surface area (Å²) in [5, 5.41) is 0. The maximum atomic E-state index is 12.2. The first-order valence-corrected chi connectivity index (χ1v) is 8.52. The van der Waals surface area contributed by atoms with Crippen molar-refractivity contribution in [2.45, 2.75) is 52.6 Å². The van der Waals surface area contributed by atoms with Crippen molar-refractivity contribution in [3.05, 3.63) is 59.2 Å². The monoisotopic (exact) mass is 328 g/mol. The van der Waals surface area contributed by atoms with E-state index in [-0.39, 0.29) is 23.6 Å². The summed E-state index contributed by atoms with van der Waals surface area (Å²) in [6, 6.07) is 7.64. The maximum absolute atomic E-state index is 12.2. The van der Waals surface area contributed by atoms with Gasteiger partial charge in [0.2, 0.25) is 0 Å². The highest BCUT2D eigenvalue weighted by Crippen LogP contribution is 2.21. The van der Waals surface area contributed by atoms with Crippen LogP contribution >= 0.6 is 0 Å². The van der Waals surface area contributed by atoms with Crippen LogP contribution in [0.5, 0.6) is 0 Å². The van der Waals surface area contributed by atoms with E-state index in [0.29, 0.717) is 18.4 Å². The molecular weight excluding hydrogens is 300 g/mol. The number of hydrogen-bond donors (Lipinski definition) is 0. The van der Waals surface area contributed by atoms with Gasteiger partial charge in [-0.1, -0.05) is 57.2 Å². The highest BCUT2D eigenvalue weighted by molar-refractivity contribution is 5.98. The molecule has 1 aromatic carbocycles. The summed E-state index contributed by atoms with van der Waals surface area (Å²) in [5.74, 6) is 0.275. The Morgan fingerprint density at radius 2 is 1.88 bits per heavy atom. The molecule has 2 atom stereocenters. The van der Waals surface area contributed by atoms with E-state index in [9.17, 15) is 9.59 Å². The third kappa shape index (κ3) is 5.89. The average molecular weight is 328 g/mol. The minimum atomic E-state index is -0.0427. The van der Waals surface area contributed by atoms with E-state index in [1.54, 1.807) is 7.11 Å². The Balaban J connectivity index is 3.10. The summed E-state index contributed by atoms with van der Waals surface area (Å²) in [7, 11) is 1.64. The molecule has 3 nitrogen and oxygen atoms in total. The number of ether oxygens (including phenoxy) is 1. The number of benzene rings is 1. The number of Topliss-reactive ketones (excluding diaryl/α,β-unsaturated/α-hetero) is 2. The van der Waals surface area contributed by atoms with Crippen LogP contribution in [0.2, 0.25) is 0 Å². The predicted molar refractivity (Wildman–Crippen MR) is 98.5 cm³/mol. The molecule has 0 radical (unpaired) electrons. The molecule has 0 aliphatic rings. The van der Waals surface area contributed by atoms with Gasteiger partial charge in [-0.3, -0.25) is 9.59 Å². The molecule has 130 valence electrons. The molecule has 0 aliphatic carbocycles. The van der Waals surface area contributed by atoms with E-state index in [4.69, 9.17) is 4.74 Å². The summed E-state index contributed by atoms with van der Waals surface area (Å²) in [6.07, 6.45) is 6.57. The number of rotatable bonds is 9. The topological polar surface area (TPSA) is 43.4 Å². The summed E-state index contributed by atoms with van der Waals surface area (Å²) >= 11 is 0. The van der Waals surface area contributed by atoms with E-state index >= 15 is 0 Å². The number of methoxy groups -OCH3 is 1. The van der Waals surface area contributed by atoms with Gasteiger partial charge in [0, 0.05) is 37.0 Å². The number of allylic oxidation sites excluding steroid dienone is 3. The van der Waals surface area contributed by atoms with Gasteiger partial charge in [-0.05, 0) is 18.6 Å². The van der Waals surface area contributed by atoms with Gasteiger partial charge in [0.1, 0.15) is 0 Å². The molecule has 0 spiro atoms. The van der Waals surface area contributed by atoms with Crippen molar-refractivity contribution < 1.29 is 14.3 Å². The molecule has 1 aromatic rings. The maximum Gasteiger partial charge on any atom is 0.162 e. The predicted octanol–water partition coefficient (Wildman–Crippen LogP) is 4.88. The second kappa shape index (κ2) is 9.99. The van der Waals surface area contributed by atoms with E-state index in [1.165, 1.54) is 0 Å². The third-order valence-corrected chi connectivity index (χ3v) is 4.05. The largest absolute Gasteiger partial charge is 0.378 e. The van der Waals surface area contributed by atoms with E-state index < -0.39 is 0 Å². The second-order valence-corrected chi connectivity index (χ2v) is 5.89. The van der Waals surface area contributed by atoms with Crippen LogP contribution in [0, 0.1) is 0 Å². The summed E-state index contributed by atoms with van der Waals surface area (Å²) in [6.45, 7) is 7.67. The molecule has 0 saturated heterocycles. The standard InChI is InChI=1S/C21H28O3/c1-6-20(22)18-10-8-9-17(14-18)15(3)13-19(21(23)7-2)12-11-16(4)24-5/h8-16H,6-7H2,1-5H3/b12-11-,19-13+. The zero-order valence-electron chi connectivity index (χ0n) is 15.3. The average Bonchev–Trinajstić information content (AvgIpc) is 2.63. The molecule has 3 heteroatoms. The van der Waals surface area contributed by atoms with Crippen LogP contribution in [0.3, 0.4) is 0 Å². The van der Waals surface area contributed by atoms with Gasteiger partial charge in [0.25, 0.3) is 0 Å². The molecular formula is C21H28O3. The summed E-state index contributed by atoms with van der Waals surface area (Å²) in [4.78, 5) is 24.1. The van der Waals surface area contributed by atoms with E-state index in [0.717, 1.165) is 11.1 Å². The Kier molecular flexibility index (Phi) is 8.34. The fourth-order valence-electron chi connectivity index (χ4n) is 2.33. The molecule has 1 rings (SSSR count). The van der Waals surface area contributed by atoms with Gasteiger partial charge in [0.15, 0.2) is 11.6 Å². The SMILES string of the molecule is CCC(=O)C(/C=C\C(C)OC)=C/C(C)c1cccc(C(=O)CC)c1. The van der Waals surface area contributed by atoms with Gasteiger partial charge < -0.3 is 4.74 Å². The van der Waals surface area contributed by atoms with Crippen LogP contribution in [0.4, 0.5) is 0 Å². The molecule has 0 aromatic heterocycles. The Morgan fingerprint density at radius 1 is 1.17 bits per heavy atom. The number of carbonyl (C=O) groups is 2. The minimum absolute atomic E-state index is 0.0427. The van der Waals surface area contributed by atoms with Crippen molar-refractivity contribution in [1.82, 2.24) is 0 Å². The van der Waals surface area contributed by atoms with Gasteiger partial charge in [-0.25, -0.2) is 0 Å². The van der Waals surface area contributed by atoms with Crippen LogP contribution in [0.15, 0.2) is 48.1 Å². The van der Waals surface area contributed by atoms with Crippen LogP contribution in [-0.2, 0) is 9.53 Å². The summed E-state index contributed by atoms with van der Waals surface area (Å²) in [5.41, 5.74) is 2.44. The van der Waals surface area contributed by atoms with Crippen LogP contribution in [-0.4, -0.2) is 24.8 Å². The first-order chi connectivity index (χ1) is 11.4. The third-order valence-electron chi connectivity index (χ3n) is 4.05. The van der Waals surface area contributed by atoms with Gasteiger partial charge in [-0.15, -0.1) is 0 Å². The molecule has 0 aliphatic heterocycles. The Morgan fingerprint density at radius 3 is 2.46 bits per heavy atom. The van der Waals surface area contributed by atoms with Crippen molar-refractivity contribution in [2.24, 2.45) is 0 Å². The van der Waals surface area contributed by atoms with Gasteiger partial charge >= 0.3 is 0 Å². The smallest absolute Gasteiger partial charge is 0.162 e. The van der Waals surface area contributed by atoms with Crippen LogP contribution in [0.1, 0.15) is 62.4 Å². The first-order valence-electron chi connectivity index (χ1n) is 8.52. The summed E-state index contributed by atoms with van der Waals surface area (Å²) < 4.78 is 5.20. The second-order valence-electron chi connectivity index (χ2n) is 5.89. The normalized spacial score (nSPS) is 14.6. The number of carbonyl (C=O) groups excluding carboxylic acids is 2. The molecule has 0 fully saturated rings. The zero-order chi connectivity index (χ0) is 18.1. The van der Waals surface area contributed by atoms with Crippen molar-refractivity contribution in [3.63, 3.8) is 0 Å². The van der Waals surface area contributed by atoms with Crippen molar-refractivity contribution >= 4 is 11.6 Å². The lowest BCUT2D eigenvalue weighted by molar-refractivity contribution is -0.115. The van der Waals surface area contributed by atoms with Crippen molar-refractivity contribution in [2.75, 3.05) is 7.11 Å². The van der Waals surface area contributed by atoms with E-state index in [1.807, 2.05) is 70.2 Å². The lowest BCUT2D eigenvalue weighted by atomic mass is 9.93. The molecule has 0 N–H and O–H groups in total. The lowest BCUT2D eigenvalue weighted by Crippen LogP contribution is -2.04. The van der Waals surface area contributed by atoms with Gasteiger partial charge in [0.05, 0.1) is 6.10 Å². The van der Waals surface area contributed by atoms with Crippen molar-refractivity contribution in [1.29, 1.82) is 0 Å². The first kappa shape index (κ1) is 20.0. The number of hydrogen-bond acceptors (Lipinski definition) is 3.